The molecule has 0 unspecified atom stereocenters. The van der Waals surface area contributed by atoms with E-state index >= 15 is 0 Å². The second-order valence-corrected chi connectivity index (χ2v) is 5.66. The van der Waals surface area contributed by atoms with Crippen molar-refractivity contribution in [1.29, 1.82) is 5.26 Å². The van der Waals surface area contributed by atoms with E-state index in [0.29, 0.717) is 11.6 Å². The first kappa shape index (κ1) is 16.6. The summed E-state index contributed by atoms with van der Waals surface area (Å²) in [5.41, 5.74) is -0.0530. The quantitative estimate of drug-likeness (QED) is 0.926. The minimum Gasteiger partial charge on any atom is -0.370 e. The molecule has 2 rings (SSSR count). The number of nitrogens with zero attached hydrogens (tertiary/aromatic N) is 2. The first-order valence-corrected chi connectivity index (χ1v) is 7.46. The predicted molar refractivity (Wildman–Crippen MR) is 79.6 cm³/mol. The van der Waals surface area contributed by atoms with E-state index in [-0.39, 0.29) is 5.56 Å². The Hall–Kier alpha value is -1.74. The minimum atomic E-state index is -4.41. The van der Waals surface area contributed by atoms with Crippen LogP contribution in [0.5, 0.6) is 0 Å². The van der Waals surface area contributed by atoms with E-state index in [1.54, 1.807) is 0 Å². The van der Waals surface area contributed by atoms with Crippen molar-refractivity contribution in [2.45, 2.75) is 25.4 Å². The van der Waals surface area contributed by atoms with E-state index in [2.05, 4.69) is 5.32 Å². The molecule has 3 nitrogen and oxygen atoms in total. The lowest BCUT2D eigenvalue weighted by atomic mass is 9.93. The molecule has 0 bridgehead atoms. The number of nitriles is 1. The van der Waals surface area contributed by atoms with Gasteiger partial charge in [-0.15, -0.1) is 0 Å². The topological polar surface area (TPSA) is 39.1 Å². The number of alkyl halides is 3. The van der Waals surface area contributed by atoms with Crippen molar-refractivity contribution in [3.63, 3.8) is 0 Å². The van der Waals surface area contributed by atoms with Crippen LogP contribution in [0.3, 0.4) is 0 Å². The lowest BCUT2D eigenvalue weighted by molar-refractivity contribution is -0.137. The van der Waals surface area contributed by atoms with E-state index in [9.17, 15) is 13.2 Å². The van der Waals surface area contributed by atoms with Gasteiger partial charge in [-0.1, -0.05) is 0 Å². The Bertz CT molecular complexity index is 541. The molecule has 0 aliphatic carbocycles. The van der Waals surface area contributed by atoms with E-state index in [1.807, 2.05) is 18.0 Å². The maximum atomic E-state index is 12.7. The Morgan fingerprint density at radius 1 is 1.32 bits per heavy atom. The molecule has 1 aliphatic rings. The third-order valence-corrected chi connectivity index (χ3v) is 4.20. The summed E-state index contributed by atoms with van der Waals surface area (Å²) >= 11 is 0. The van der Waals surface area contributed by atoms with Crippen LogP contribution in [0.1, 0.15) is 30.4 Å². The summed E-state index contributed by atoms with van der Waals surface area (Å²) in [6.07, 6.45) is -1.28. The summed E-state index contributed by atoms with van der Waals surface area (Å²) in [5.74, 6) is 0.642. The molecule has 0 amide bonds. The fourth-order valence-corrected chi connectivity index (χ4v) is 2.89. The molecule has 1 aliphatic heterocycles. The smallest absolute Gasteiger partial charge is 0.370 e. The number of nitrogens with one attached hydrogen (secondary N) is 1. The summed E-state index contributed by atoms with van der Waals surface area (Å²) in [6, 6.07) is 5.33. The second kappa shape index (κ2) is 7.01. The summed E-state index contributed by atoms with van der Waals surface area (Å²) in [5, 5.41) is 12.3. The molecular weight excluding hydrogens is 291 g/mol. The number of benzene rings is 1. The molecule has 6 heteroatoms. The Morgan fingerprint density at radius 3 is 2.55 bits per heavy atom. The highest BCUT2D eigenvalue weighted by atomic mass is 19.4. The van der Waals surface area contributed by atoms with Crippen molar-refractivity contribution in [2.75, 3.05) is 31.6 Å². The Kier molecular flexibility index (Phi) is 5.30. The van der Waals surface area contributed by atoms with E-state index < -0.39 is 11.7 Å². The van der Waals surface area contributed by atoms with Gasteiger partial charge in [0, 0.05) is 13.1 Å². The molecule has 0 radical (unpaired) electrons. The number of hydrogen-bond donors (Lipinski definition) is 1. The van der Waals surface area contributed by atoms with Crippen LogP contribution in [0.2, 0.25) is 0 Å². The van der Waals surface area contributed by atoms with Crippen LogP contribution >= 0.6 is 0 Å². The molecule has 1 heterocycles. The Balaban J connectivity index is 2.09. The third kappa shape index (κ3) is 3.92. The highest BCUT2D eigenvalue weighted by Crippen LogP contribution is 2.34. The van der Waals surface area contributed by atoms with Crippen molar-refractivity contribution in [2.24, 2.45) is 5.92 Å². The van der Waals surface area contributed by atoms with Gasteiger partial charge >= 0.3 is 6.18 Å². The molecule has 1 aromatic carbocycles. The van der Waals surface area contributed by atoms with Crippen LogP contribution in [-0.2, 0) is 6.18 Å². The second-order valence-electron chi connectivity index (χ2n) is 5.66. The van der Waals surface area contributed by atoms with Crippen molar-refractivity contribution >= 4 is 5.69 Å². The zero-order chi connectivity index (χ0) is 16.2. The highest BCUT2D eigenvalue weighted by molar-refractivity contribution is 5.61. The molecule has 120 valence electrons. The zero-order valence-corrected chi connectivity index (χ0v) is 12.6. The minimum absolute atomic E-state index is 0.100. The first-order valence-electron chi connectivity index (χ1n) is 7.46. The Labute approximate surface area is 128 Å². The van der Waals surface area contributed by atoms with Crippen molar-refractivity contribution in [1.82, 2.24) is 5.32 Å². The van der Waals surface area contributed by atoms with Crippen LogP contribution in [0.15, 0.2) is 18.2 Å². The van der Waals surface area contributed by atoms with Crippen LogP contribution in [0, 0.1) is 17.2 Å². The largest absolute Gasteiger partial charge is 0.416 e. The molecule has 0 spiro atoms. The van der Waals surface area contributed by atoms with Crippen LogP contribution in [0.4, 0.5) is 18.9 Å². The molecule has 1 N–H and O–H groups in total. The summed E-state index contributed by atoms with van der Waals surface area (Å²) in [7, 11) is 1.93. The van der Waals surface area contributed by atoms with Gasteiger partial charge in [0.15, 0.2) is 0 Å². The molecule has 1 saturated heterocycles. The number of anilines is 1. The average Bonchev–Trinajstić information content (AvgIpc) is 2.52. The van der Waals surface area contributed by atoms with E-state index in [4.69, 9.17) is 5.26 Å². The van der Waals surface area contributed by atoms with Gasteiger partial charge in [-0.25, -0.2) is 0 Å². The number of rotatable bonds is 4. The zero-order valence-electron chi connectivity index (χ0n) is 12.6. The molecule has 22 heavy (non-hydrogen) atoms. The maximum Gasteiger partial charge on any atom is 0.416 e. The predicted octanol–water partition coefficient (Wildman–Crippen LogP) is 3.40. The van der Waals surface area contributed by atoms with E-state index in [1.165, 1.54) is 6.07 Å². The van der Waals surface area contributed by atoms with Gasteiger partial charge in [0.1, 0.15) is 6.07 Å². The van der Waals surface area contributed by atoms with Crippen molar-refractivity contribution in [3.8, 4) is 6.07 Å². The van der Waals surface area contributed by atoms with E-state index in [0.717, 1.165) is 51.0 Å². The fourth-order valence-electron chi connectivity index (χ4n) is 2.89. The van der Waals surface area contributed by atoms with Gasteiger partial charge in [0.05, 0.1) is 16.8 Å². The molecule has 1 aromatic rings. The Morgan fingerprint density at radius 2 is 2.00 bits per heavy atom. The van der Waals surface area contributed by atoms with Crippen molar-refractivity contribution in [3.05, 3.63) is 29.3 Å². The van der Waals surface area contributed by atoms with Crippen LogP contribution < -0.4 is 10.2 Å². The first-order chi connectivity index (χ1) is 10.5. The highest BCUT2D eigenvalue weighted by Gasteiger charge is 2.31. The SMILES string of the molecule is CNCCC1CCN(c2ccc(C(F)(F)F)cc2C#N)CC1. The molecule has 0 aromatic heterocycles. The lowest BCUT2D eigenvalue weighted by Gasteiger charge is -2.34. The summed E-state index contributed by atoms with van der Waals surface area (Å²) in [4.78, 5) is 2.02. The number of halogens is 3. The molecule has 1 fully saturated rings. The lowest BCUT2D eigenvalue weighted by Crippen LogP contribution is -2.35. The average molecular weight is 311 g/mol. The van der Waals surface area contributed by atoms with Gasteiger partial charge < -0.3 is 10.2 Å². The van der Waals surface area contributed by atoms with Gasteiger partial charge in [-0.2, -0.15) is 18.4 Å². The summed E-state index contributed by atoms with van der Waals surface area (Å²) < 4.78 is 38.2. The van der Waals surface area contributed by atoms with Gasteiger partial charge in [0.25, 0.3) is 0 Å². The number of piperidine rings is 1. The monoisotopic (exact) mass is 311 g/mol. The molecule has 0 atom stereocenters. The number of hydrogen-bond acceptors (Lipinski definition) is 3. The molecular formula is C16H20F3N3. The standard InChI is InChI=1S/C16H20F3N3/c1-21-7-4-12-5-8-22(9-6-12)15-3-2-14(16(17,18)19)10-13(15)11-20/h2-3,10,12,21H,4-9H2,1H3. The molecule has 0 saturated carbocycles. The van der Waals surface area contributed by atoms with Gasteiger partial charge in [-0.05, 0) is 57.0 Å². The third-order valence-electron chi connectivity index (χ3n) is 4.20. The van der Waals surface area contributed by atoms with Crippen molar-refractivity contribution < 1.29 is 13.2 Å². The van der Waals surface area contributed by atoms with Gasteiger partial charge in [-0.3, -0.25) is 0 Å². The maximum absolute atomic E-state index is 12.7. The van der Waals surface area contributed by atoms with Gasteiger partial charge in [0.2, 0.25) is 0 Å². The normalized spacial score (nSPS) is 16.6. The van der Waals surface area contributed by atoms with Crippen LogP contribution in [0.25, 0.3) is 0 Å². The van der Waals surface area contributed by atoms with Crippen LogP contribution in [-0.4, -0.2) is 26.7 Å². The summed E-state index contributed by atoms with van der Waals surface area (Å²) in [6.45, 7) is 2.55. The fraction of sp³-hybridized carbons (Fsp3) is 0.562.